The topological polar surface area (TPSA) is 139 Å². The van der Waals surface area contributed by atoms with Crippen molar-refractivity contribution >= 4 is 46.7 Å². The van der Waals surface area contributed by atoms with Crippen LogP contribution in [0.5, 0.6) is 11.5 Å². The molecule has 0 aliphatic heterocycles. The number of para-hydroxylation sites is 1. The molecule has 2 aromatic carbocycles. The molecule has 0 atom stereocenters. The lowest BCUT2D eigenvalue weighted by Crippen LogP contribution is -2.20. The molecule has 0 fully saturated rings. The fraction of sp³-hybridized carbons (Fsp3) is 0.174. The van der Waals surface area contributed by atoms with Crippen LogP contribution in [-0.4, -0.2) is 48.7 Å². The van der Waals surface area contributed by atoms with Crippen LogP contribution in [0, 0.1) is 11.3 Å². The van der Waals surface area contributed by atoms with Crippen LogP contribution in [0.15, 0.2) is 42.5 Å². The van der Waals surface area contributed by atoms with Crippen LogP contribution in [0.4, 0.5) is 17.6 Å². The first-order chi connectivity index (χ1) is 16.3. The lowest BCUT2D eigenvalue weighted by atomic mass is 10.1. The monoisotopic (exact) mass is 479 g/mol. The molecule has 1 heterocycles. The second-order valence-electron chi connectivity index (χ2n) is 7.11. The van der Waals surface area contributed by atoms with Gasteiger partial charge in [0, 0.05) is 14.1 Å². The van der Waals surface area contributed by atoms with Crippen molar-refractivity contribution in [1.29, 1.82) is 5.26 Å². The minimum atomic E-state index is -0.380. The van der Waals surface area contributed by atoms with Crippen LogP contribution < -0.4 is 25.4 Å². The number of allylic oxidation sites excluding steroid dienone is 1. The van der Waals surface area contributed by atoms with Crippen LogP contribution in [-0.2, 0) is 4.79 Å². The van der Waals surface area contributed by atoms with Gasteiger partial charge in [-0.2, -0.15) is 20.2 Å². The number of nitrogen functional groups attached to an aromatic ring is 1. The molecule has 34 heavy (non-hydrogen) atoms. The van der Waals surface area contributed by atoms with E-state index in [1.165, 1.54) is 7.11 Å². The largest absolute Gasteiger partial charge is 0.493 e. The summed E-state index contributed by atoms with van der Waals surface area (Å²) in [5, 5.41) is 12.8. The van der Waals surface area contributed by atoms with E-state index in [1.807, 2.05) is 0 Å². The van der Waals surface area contributed by atoms with Crippen LogP contribution >= 0.6 is 11.6 Å². The van der Waals surface area contributed by atoms with Gasteiger partial charge < -0.3 is 25.4 Å². The average molecular weight is 480 g/mol. The van der Waals surface area contributed by atoms with E-state index >= 15 is 0 Å². The normalized spacial score (nSPS) is 10.9. The van der Waals surface area contributed by atoms with Crippen molar-refractivity contribution in [2.24, 2.45) is 0 Å². The van der Waals surface area contributed by atoms with Crippen LogP contribution in [0.2, 0.25) is 5.02 Å². The fourth-order valence-electron chi connectivity index (χ4n) is 2.80. The molecule has 10 nitrogen and oxygen atoms in total. The number of carbonyl (C=O) groups excluding carboxylic acids is 1. The molecule has 0 bridgehead atoms. The minimum Gasteiger partial charge on any atom is -0.493 e. The number of anilines is 3. The first-order valence-corrected chi connectivity index (χ1v) is 10.3. The molecule has 0 unspecified atom stereocenters. The number of nitriles is 1. The van der Waals surface area contributed by atoms with Crippen LogP contribution in [0.25, 0.3) is 11.6 Å². The molecule has 3 aromatic rings. The molecule has 0 radical (unpaired) electrons. The first-order valence-electron chi connectivity index (χ1n) is 9.97. The van der Waals surface area contributed by atoms with Gasteiger partial charge in [0.25, 0.3) is 5.91 Å². The molecule has 1 amide bonds. The van der Waals surface area contributed by atoms with Crippen molar-refractivity contribution in [3.63, 3.8) is 0 Å². The molecule has 3 N–H and O–H groups in total. The lowest BCUT2D eigenvalue weighted by Gasteiger charge is -2.12. The van der Waals surface area contributed by atoms with E-state index in [0.29, 0.717) is 33.7 Å². The molecule has 174 valence electrons. The summed E-state index contributed by atoms with van der Waals surface area (Å²) in [4.78, 5) is 26.3. The zero-order valence-corrected chi connectivity index (χ0v) is 19.5. The van der Waals surface area contributed by atoms with Crippen molar-refractivity contribution < 1.29 is 14.3 Å². The van der Waals surface area contributed by atoms with Gasteiger partial charge in [-0.15, -0.1) is 0 Å². The number of hydrogen-bond donors (Lipinski definition) is 2. The van der Waals surface area contributed by atoms with Gasteiger partial charge in [0.15, 0.2) is 23.9 Å². The second-order valence-corrected chi connectivity index (χ2v) is 7.52. The minimum absolute atomic E-state index is 0.00578. The van der Waals surface area contributed by atoms with E-state index in [4.69, 9.17) is 26.8 Å². The Morgan fingerprint density at radius 2 is 1.97 bits per heavy atom. The summed E-state index contributed by atoms with van der Waals surface area (Å²) in [5.74, 6) is 0.836. The smallest absolute Gasteiger partial charge is 0.262 e. The molecular formula is C23H22ClN7O3. The number of carbonyl (C=O) groups is 1. The van der Waals surface area contributed by atoms with Gasteiger partial charge in [0.05, 0.1) is 23.4 Å². The van der Waals surface area contributed by atoms with Gasteiger partial charge >= 0.3 is 0 Å². The zero-order valence-electron chi connectivity index (χ0n) is 18.7. The van der Waals surface area contributed by atoms with Crippen LogP contribution in [0.3, 0.4) is 0 Å². The SMILES string of the molecule is COc1cc(/C=C(\C#N)c2nc(N)nc(N(C)C)n2)ccc1OCC(=O)Nc1ccccc1Cl. The van der Waals surface area contributed by atoms with Gasteiger partial charge in [-0.25, -0.2) is 0 Å². The Bertz CT molecular complexity index is 1270. The third-order valence-corrected chi connectivity index (χ3v) is 4.74. The summed E-state index contributed by atoms with van der Waals surface area (Å²) >= 11 is 6.06. The molecule has 0 aliphatic rings. The number of nitrogens with zero attached hydrogens (tertiary/aromatic N) is 5. The van der Waals surface area contributed by atoms with E-state index in [9.17, 15) is 10.1 Å². The molecule has 11 heteroatoms. The van der Waals surface area contributed by atoms with Gasteiger partial charge in [-0.1, -0.05) is 29.8 Å². The van der Waals surface area contributed by atoms with Gasteiger partial charge in [0.2, 0.25) is 11.9 Å². The molecule has 0 saturated carbocycles. The van der Waals surface area contributed by atoms with E-state index in [1.54, 1.807) is 67.5 Å². The summed E-state index contributed by atoms with van der Waals surface area (Å²) in [6.45, 7) is -0.252. The third kappa shape index (κ3) is 6.11. The van der Waals surface area contributed by atoms with Crippen molar-refractivity contribution in [2.45, 2.75) is 0 Å². The summed E-state index contributed by atoms with van der Waals surface area (Å²) in [7, 11) is 4.99. The van der Waals surface area contributed by atoms with Crippen molar-refractivity contribution in [1.82, 2.24) is 15.0 Å². The van der Waals surface area contributed by atoms with E-state index in [0.717, 1.165) is 0 Å². The molecule has 1 aromatic heterocycles. The lowest BCUT2D eigenvalue weighted by molar-refractivity contribution is -0.118. The van der Waals surface area contributed by atoms with Crippen molar-refractivity contribution in [2.75, 3.05) is 43.8 Å². The maximum atomic E-state index is 12.2. The number of benzene rings is 2. The van der Waals surface area contributed by atoms with Gasteiger partial charge in [-0.3, -0.25) is 4.79 Å². The molecule has 3 rings (SSSR count). The number of ether oxygens (including phenoxy) is 2. The van der Waals surface area contributed by atoms with Crippen molar-refractivity contribution in [3.8, 4) is 17.6 Å². The Kier molecular flexibility index (Phi) is 7.84. The highest BCUT2D eigenvalue weighted by Crippen LogP contribution is 2.30. The zero-order chi connectivity index (χ0) is 24.7. The number of aromatic nitrogens is 3. The number of nitrogens with two attached hydrogens (primary N) is 1. The Hall–Kier alpha value is -4.36. The molecular weight excluding hydrogens is 458 g/mol. The number of halogens is 1. The van der Waals surface area contributed by atoms with Crippen molar-refractivity contribution in [3.05, 3.63) is 58.9 Å². The highest BCUT2D eigenvalue weighted by atomic mass is 35.5. The quantitative estimate of drug-likeness (QED) is 0.466. The number of rotatable bonds is 8. The predicted octanol–water partition coefficient (Wildman–Crippen LogP) is 3.26. The highest BCUT2D eigenvalue weighted by Gasteiger charge is 2.13. The van der Waals surface area contributed by atoms with E-state index < -0.39 is 0 Å². The first kappa shape index (κ1) is 24.3. The predicted molar refractivity (Wildman–Crippen MR) is 131 cm³/mol. The second kappa shape index (κ2) is 11.0. The summed E-state index contributed by atoms with van der Waals surface area (Å²) in [6, 6.07) is 14.0. The number of nitrogens with one attached hydrogen (secondary N) is 1. The standard InChI is InChI=1S/C23H22ClN7O3/c1-31(2)23-29-21(28-22(26)30-23)15(12-25)10-14-8-9-18(19(11-14)33-3)34-13-20(32)27-17-7-5-4-6-16(17)24/h4-11H,13H2,1-3H3,(H,27,32)(H2,26,28,29,30)/b15-10+. The Balaban J connectivity index is 1.78. The van der Waals surface area contributed by atoms with Gasteiger partial charge in [0.1, 0.15) is 6.07 Å². The number of hydrogen-bond acceptors (Lipinski definition) is 9. The molecule has 0 spiro atoms. The summed E-state index contributed by atoms with van der Waals surface area (Å²) in [5.41, 5.74) is 7.07. The average Bonchev–Trinajstić information content (AvgIpc) is 2.82. The van der Waals surface area contributed by atoms with E-state index in [-0.39, 0.29) is 29.9 Å². The Labute approximate surface area is 201 Å². The Morgan fingerprint density at radius 1 is 1.21 bits per heavy atom. The maximum Gasteiger partial charge on any atom is 0.262 e. The van der Waals surface area contributed by atoms with Crippen LogP contribution in [0.1, 0.15) is 11.4 Å². The van der Waals surface area contributed by atoms with Gasteiger partial charge in [-0.05, 0) is 35.9 Å². The third-order valence-electron chi connectivity index (χ3n) is 4.41. The highest BCUT2D eigenvalue weighted by molar-refractivity contribution is 6.33. The molecule has 0 aliphatic carbocycles. The maximum absolute atomic E-state index is 12.2. The fourth-order valence-corrected chi connectivity index (χ4v) is 2.98. The van der Waals surface area contributed by atoms with E-state index in [2.05, 4.69) is 26.3 Å². The number of methoxy groups -OCH3 is 1. The summed E-state index contributed by atoms with van der Waals surface area (Å²) < 4.78 is 11.0. The summed E-state index contributed by atoms with van der Waals surface area (Å²) in [6.07, 6.45) is 1.59. The molecule has 0 saturated heterocycles. The number of amides is 1. The Morgan fingerprint density at radius 3 is 2.65 bits per heavy atom.